The van der Waals surface area contributed by atoms with Gasteiger partial charge in [0.2, 0.25) is 0 Å². The summed E-state index contributed by atoms with van der Waals surface area (Å²) in [7, 11) is 3.63. The minimum atomic E-state index is -1.02. The number of ether oxygens (including phenoxy) is 2. The van der Waals surface area contributed by atoms with Crippen LogP contribution in [0.25, 0.3) is 5.57 Å². The van der Waals surface area contributed by atoms with Crippen LogP contribution in [-0.4, -0.2) is 38.4 Å². The lowest BCUT2D eigenvalue weighted by Gasteiger charge is -2.21. The molecule has 0 heterocycles. The zero-order valence-corrected chi connectivity index (χ0v) is 20.5. The number of anilines is 4. The average molecular weight is 473 g/mol. The number of benzene rings is 3. The maximum absolute atomic E-state index is 11.8. The van der Waals surface area contributed by atoms with Gasteiger partial charge in [-0.1, -0.05) is 25.1 Å². The van der Waals surface area contributed by atoms with E-state index in [1.165, 1.54) is 17.2 Å². The van der Waals surface area contributed by atoms with E-state index in [-0.39, 0.29) is 5.56 Å². The van der Waals surface area contributed by atoms with Crippen molar-refractivity contribution in [1.82, 2.24) is 0 Å². The number of carboxylic acid groups (broad SMARTS) is 1. The smallest absolute Gasteiger partial charge is 0.337 e. The van der Waals surface area contributed by atoms with Crippen molar-refractivity contribution in [3.63, 3.8) is 0 Å². The van der Waals surface area contributed by atoms with Crippen LogP contribution in [0.5, 0.6) is 5.75 Å². The minimum Gasteiger partial charge on any atom is -0.491 e. The largest absolute Gasteiger partial charge is 0.491 e. The molecule has 3 aromatic carbocycles. The molecule has 0 bridgehead atoms. The van der Waals surface area contributed by atoms with Crippen LogP contribution < -0.4 is 15.0 Å². The highest BCUT2D eigenvalue weighted by Crippen LogP contribution is 2.34. The number of nitrogens with one attached hydrogen (secondary N) is 1. The second kappa shape index (κ2) is 11.1. The Hall–Kier alpha value is -3.77. The fourth-order valence-corrected chi connectivity index (χ4v) is 4.24. The van der Waals surface area contributed by atoms with Gasteiger partial charge in [0.05, 0.1) is 17.9 Å². The van der Waals surface area contributed by atoms with Gasteiger partial charge in [-0.25, -0.2) is 4.79 Å². The summed E-state index contributed by atoms with van der Waals surface area (Å²) in [5.41, 5.74) is 6.34. The Bertz CT molecular complexity index is 1190. The molecule has 0 fully saturated rings. The first kappa shape index (κ1) is 24.4. The van der Waals surface area contributed by atoms with Crippen LogP contribution in [-0.2, 0) is 4.74 Å². The van der Waals surface area contributed by atoms with Gasteiger partial charge in [0.15, 0.2) is 0 Å². The summed E-state index contributed by atoms with van der Waals surface area (Å²) in [6.45, 7) is 3.09. The fraction of sp³-hybridized carbons (Fsp3) is 0.276. The third-order valence-corrected chi connectivity index (χ3v) is 6.27. The Morgan fingerprint density at radius 1 is 1.03 bits per heavy atom. The number of allylic oxidation sites excluding steroid dienone is 2. The maximum atomic E-state index is 11.8. The van der Waals surface area contributed by atoms with E-state index in [1.807, 2.05) is 31.3 Å². The van der Waals surface area contributed by atoms with Gasteiger partial charge < -0.3 is 24.8 Å². The van der Waals surface area contributed by atoms with Gasteiger partial charge in [-0.2, -0.15) is 0 Å². The molecule has 1 unspecified atom stereocenters. The molecule has 6 heteroatoms. The van der Waals surface area contributed by atoms with Gasteiger partial charge in [0.1, 0.15) is 12.4 Å². The summed E-state index contributed by atoms with van der Waals surface area (Å²) in [6.07, 6.45) is 4.67. The fourth-order valence-electron chi connectivity index (χ4n) is 4.24. The topological polar surface area (TPSA) is 71.0 Å². The molecule has 6 nitrogen and oxygen atoms in total. The standard InChI is InChI=1S/C29H32N2O4/c1-20-4-5-22(18-20)21-6-10-24(11-7-21)31(2)25-12-8-23(9-13-25)30-28-15-14-26(35-17-16-34-3)19-27(28)29(32)33/h5-15,19-20,30H,4,16-18H2,1-3H3,(H,32,33). The number of nitrogens with zero attached hydrogens (tertiary/aromatic N) is 1. The number of hydrogen-bond donors (Lipinski definition) is 2. The van der Waals surface area contributed by atoms with Crippen molar-refractivity contribution in [3.8, 4) is 5.75 Å². The zero-order valence-electron chi connectivity index (χ0n) is 20.5. The maximum Gasteiger partial charge on any atom is 0.337 e. The predicted molar refractivity (Wildman–Crippen MR) is 141 cm³/mol. The molecule has 1 aliphatic rings. The molecule has 1 atom stereocenters. The molecular formula is C29H32N2O4. The third kappa shape index (κ3) is 6.03. The second-order valence-corrected chi connectivity index (χ2v) is 8.91. The van der Waals surface area contributed by atoms with E-state index in [0.29, 0.717) is 24.7 Å². The minimum absolute atomic E-state index is 0.146. The summed E-state index contributed by atoms with van der Waals surface area (Å²) < 4.78 is 10.5. The number of carbonyl (C=O) groups is 1. The Labute approximate surface area is 206 Å². The highest BCUT2D eigenvalue weighted by Gasteiger charge is 2.15. The van der Waals surface area contributed by atoms with Crippen molar-refractivity contribution in [2.24, 2.45) is 5.92 Å². The molecule has 3 aromatic rings. The first-order valence-corrected chi connectivity index (χ1v) is 11.8. The molecule has 0 amide bonds. The van der Waals surface area contributed by atoms with E-state index in [9.17, 15) is 9.90 Å². The number of carboxylic acids is 1. The van der Waals surface area contributed by atoms with E-state index in [4.69, 9.17) is 9.47 Å². The summed E-state index contributed by atoms with van der Waals surface area (Å²) in [5, 5.41) is 12.9. The first-order chi connectivity index (χ1) is 16.9. The van der Waals surface area contributed by atoms with E-state index >= 15 is 0 Å². The van der Waals surface area contributed by atoms with Crippen LogP contribution in [0, 0.1) is 5.92 Å². The molecule has 0 spiro atoms. The van der Waals surface area contributed by atoms with Gasteiger partial charge in [0, 0.05) is 31.2 Å². The lowest BCUT2D eigenvalue weighted by molar-refractivity contribution is 0.0697. The highest BCUT2D eigenvalue weighted by atomic mass is 16.5. The molecular weight excluding hydrogens is 440 g/mol. The predicted octanol–water partition coefficient (Wildman–Crippen LogP) is 6.73. The third-order valence-electron chi connectivity index (χ3n) is 6.27. The van der Waals surface area contributed by atoms with Crippen LogP contribution in [0.4, 0.5) is 22.7 Å². The van der Waals surface area contributed by atoms with Crippen LogP contribution in [0.3, 0.4) is 0 Å². The van der Waals surface area contributed by atoms with Crippen molar-refractivity contribution in [2.45, 2.75) is 19.8 Å². The van der Waals surface area contributed by atoms with Crippen molar-refractivity contribution in [3.05, 3.63) is 83.9 Å². The van der Waals surface area contributed by atoms with Gasteiger partial charge in [-0.05, 0) is 84.5 Å². The summed E-state index contributed by atoms with van der Waals surface area (Å²) >= 11 is 0. The SMILES string of the molecule is COCCOc1ccc(Nc2ccc(N(C)c3ccc(C4=CCC(C)C4)cc3)cc2)c(C(=O)O)c1. The lowest BCUT2D eigenvalue weighted by Crippen LogP contribution is -2.09. The van der Waals surface area contributed by atoms with E-state index in [1.54, 1.807) is 19.2 Å². The molecule has 2 N–H and O–H groups in total. The first-order valence-electron chi connectivity index (χ1n) is 11.8. The van der Waals surface area contributed by atoms with Crippen molar-refractivity contribution in [2.75, 3.05) is 37.6 Å². The van der Waals surface area contributed by atoms with Gasteiger partial charge in [-0.3, -0.25) is 0 Å². The van der Waals surface area contributed by atoms with Gasteiger partial charge in [0.25, 0.3) is 0 Å². The van der Waals surface area contributed by atoms with Crippen LogP contribution in [0.2, 0.25) is 0 Å². The Morgan fingerprint density at radius 2 is 1.71 bits per heavy atom. The van der Waals surface area contributed by atoms with Crippen molar-refractivity contribution < 1.29 is 19.4 Å². The highest BCUT2D eigenvalue weighted by molar-refractivity contribution is 5.95. The summed E-state index contributed by atoms with van der Waals surface area (Å²) in [4.78, 5) is 13.9. The number of aromatic carboxylic acids is 1. The molecule has 0 radical (unpaired) electrons. The van der Waals surface area contributed by atoms with Crippen molar-refractivity contribution >= 4 is 34.3 Å². The number of methoxy groups -OCH3 is 1. The van der Waals surface area contributed by atoms with Crippen LogP contribution >= 0.6 is 0 Å². The Balaban J connectivity index is 1.44. The van der Waals surface area contributed by atoms with Crippen LogP contribution in [0.15, 0.2) is 72.8 Å². The molecule has 0 aliphatic heterocycles. The second-order valence-electron chi connectivity index (χ2n) is 8.91. The molecule has 0 aromatic heterocycles. The average Bonchev–Trinajstić information content (AvgIpc) is 3.31. The summed E-state index contributed by atoms with van der Waals surface area (Å²) in [5.74, 6) is 0.206. The van der Waals surface area contributed by atoms with E-state index < -0.39 is 5.97 Å². The molecule has 4 rings (SSSR count). The Morgan fingerprint density at radius 3 is 2.31 bits per heavy atom. The molecule has 0 saturated heterocycles. The van der Waals surface area contributed by atoms with E-state index in [2.05, 4.69) is 47.5 Å². The molecule has 182 valence electrons. The monoisotopic (exact) mass is 472 g/mol. The molecule has 1 aliphatic carbocycles. The summed E-state index contributed by atoms with van der Waals surface area (Å²) in [6, 6.07) is 21.6. The number of rotatable bonds is 10. The van der Waals surface area contributed by atoms with E-state index in [0.717, 1.165) is 35.8 Å². The lowest BCUT2D eigenvalue weighted by atomic mass is 10.0. The van der Waals surface area contributed by atoms with Gasteiger partial charge in [-0.15, -0.1) is 0 Å². The zero-order chi connectivity index (χ0) is 24.8. The Kier molecular flexibility index (Phi) is 7.73. The van der Waals surface area contributed by atoms with Crippen LogP contribution in [0.1, 0.15) is 35.7 Å². The molecule has 0 saturated carbocycles. The molecule has 35 heavy (non-hydrogen) atoms. The number of hydrogen-bond acceptors (Lipinski definition) is 5. The quantitative estimate of drug-likeness (QED) is 0.319. The van der Waals surface area contributed by atoms with Gasteiger partial charge >= 0.3 is 5.97 Å². The normalized spacial score (nSPS) is 14.9. The van der Waals surface area contributed by atoms with Crippen molar-refractivity contribution in [1.29, 1.82) is 0 Å².